The maximum atomic E-state index is 13.5. The molecule has 3 N–H and O–H groups in total. The van der Waals surface area contributed by atoms with Crippen LogP contribution in [0.5, 0.6) is 0 Å². The van der Waals surface area contributed by atoms with E-state index < -0.39 is 0 Å². The second-order valence-electron chi connectivity index (χ2n) is 7.07. The topological polar surface area (TPSA) is 82.2 Å². The number of likely N-dealkylation sites (N-methyl/N-ethyl adjacent to an activating group) is 1. The quantitative estimate of drug-likeness (QED) is 0.568. The van der Waals surface area contributed by atoms with E-state index in [-0.39, 0.29) is 23.8 Å². The van der Waals surface area contributed by atoms with Crippen LogP contribution in [0.3, 0.4) is 0 Å². The number of nitrogens with zero attached hydrogens (tertiary/aromatic N) is 3. The first-order valence-electron chi connectivity index (χ1n) is 9.39. The van der Waals surface area contributed by atoms with Gasteiger partial charge in [-0.1, -0.05) is 12.1 Å². The molecule has 0 spiro atoms. The van der Waals surface area contributed by atoms with Crippen molar-refractivity contribution in [2.24, 2.45) is 0 Å². The Morgan fingerprint density at radius 1 is 1.21 bits per heavy atom. The van der Waals surface area contributed by atoms with Crippen LogP contribution in [0.15, 0.2) is 48.7 Å². The molecule has 0 aliphatic heterocycles. The molecule has 29 heavy (non-hydrogen) atoms. The van der Waals surface area contributed by atoms with Gasteiger partial charge in [0.1, 0.15) is 5.82 Å². The van der Waals surface area contributed by atoms with Gasteiger partial charge in [0.15, 0.2) is 0 Å². The maximum Gasteiger partial charge on any atom is 0.321 e. The van der Waals surface area contributed by atoms with E-state index in [1.807, 2.05) is 50.2 Å². The van der Waals surface area contributed by atoms with Crippen LogP contribution >= 0.6 is 0 Å². The van der Waals surface area contributed by atoms with Crippen LogP contribution in [0, 0.1) is 5.82 Å². The van der Waals surface area contributed by atoms with Gasteiger partial charge in [-0.2, -0.15) is 0 Å². The minimum Gasteiger partial charge on any atom is -0.378 e. The third-order valence-corrected chi connectivity index (χ3v) is 4.38. The average molecular weight is 396 g/mol. The monoisotopic (exact) mass is 396 g/mol. The van der Waals surface area contributed by atoms with Gasteiger partial charge < -0.3 is 15.5 Å². The van der Waals surface area contributed by atoms with Crippen LogP contribution in [-0.4, -0.2) is 48.1 Å². The molecule has 0 aliphatic carbocycles. The van der Waals surface area contributed by atoms with Crippen molar-refractivity contribution in [2.75, 3.05) is 37.8 Å². The summed E-state index contributed by atoms with van der Waals surface area (Å²) in [5.74, 6) is -0.0304. The largest absolute Gasteiger partial charge is 0.378 e. The van der Waals surface area contributed by atoms with Crippen LogP contribution in [0.1, 0.15) is 18.5 Å². The first-order chi connectivity index (χ1) is 13.9. The number of rotatable bonds is 7. The van der Waals surface area contributed by atoms with E-state index in [1.165, 1.54) is 12.1 Å². The summed E-state index contributed by atoms with van der Waals surface area (Å²) in [6.07, 6.45) is 1.66. The van der Waals surface area contributed by atoms with Crippen LogP contribution in [0.25, 0.3) is 10.9 Å². The van der Waals surface area contributed by atoms with Crippen molar-refractivity contribution in [3.8, 4) is 0 Å². The highest BCUT2D eigenvalue weighted by Gasteiger charge is 2.09. The maximum absolute atomic E-state index is 13.5. The molecule has 3 aromatic rings. The van der Waals surface area contributed by atoms with Crippen molar-refractivity contribution in [3.05, 3.63) is 60.0 Å². The van der Waals surface area contributed by atoms with E-state index in [2.05, 4.69) is 25.9 Å². The summed E-state index contributed by atoms with van der Waals surface area (Å²) in [6.45, 7) is 3.23. The van der Waals surface area contributed by atoms with Crippen LogP contribution in [-0.2, 0) is 0 Å². The van der Waals surface area contributed by atoms with Crippen molar-refractivity contribution < 1.29 is 9.18 Å². The Labute approximate surface area is 169 Å². The van der Waals surface area contributed by atoms with Gasteiger partial charge in [0, 0.05) is 36.4 Å². The SMILES string of the molecule is C[C@@H](Nc1ccc2cnc(NC(=O)NCCN(C)C)nc2c1)c1cccc(F)c1. The molecule has 1 atom stereocenters. The number of aromatic nitrogens is 2. The molecule has 0 radical (unpaired) electrons. The van der Waals surface area contributed by atoms with Crippen LogP contribution < -0.4 is 16.0 Å². The number of hydrogen-bond donors (Lipinski definition) is 3. The smallest absolute Gasteiger partial charge is 0.321 e. The second-order valence-corrected chi connectivity index (χ2v) is 7.07. The summed E-state index contributed by atoms with van der Waals surface area (Å²) >= 11 is 0. The number of carbonyl (C=O) groups excluding carboxylic acids is 1. The van der Waals surface area contributed by atoms with Gasteiger partial charge in [-0.3, -0.25) is 5.32 Å². The van der Waals surface area contributed by atoms with Gasteiger partial charge in [-0.05, 0) is 56.9 Å². The summed E-state index contributed by atoms with van der Waals surface area (Å²) in [4.78, 5) is 22.5. The highest BCUT2D eigenvalue weighted by Crippen LogP contribution is 2.23. The zero-order valence-corrected chi connectivity index (χ0v) is 16.7. The van der Waals surface area contributed by atoms with E-state index in [0.717, 1.165) is 23.2 Å². The molecule has 0 saturated heterocycles. The molecule has 0 unspecified atom stereocenters. The first-order valence-corrected chi connectivity index (χ1v) is 9.39. The van der Waals surface area contributed by atoms with Crippen molar-refractivity contribution in [2.45, 2.75) is 13.0 Å². The fraction of sp³-hybridized carbons (Fsp3) is 0.286. The standard InChI is InChI=1S/C21H25FN6O/c1-14(15-5-4-6-17(22)11-15)25-18-8-7-16-13-24-20(26-19(16)12-18)27-21(29)23-9-10-28(2)3/h4-8,11-14,25H,9-10H2,1-3H3,(H2,23,24,26,27,29)/t14-/m1/s1. The van der Waals surface area contributed by atoms with E-state index in [0.29, 0.717) is 12.1 Å². The Hall–Kier alpha value is -3.26. The zero-order chi connectivity index (χ0) is 20.8. The molecule has 8 heteroatoms. The number of halogens is 1. The molecule has 1 heterocycles. The van der Waals surface area contributed by atoms with Crippen molar-refractivity contribution in [1.82, 2.24) is 20.2 Å². The molecule has 0 bridgehead atoms. The number of fused-ring (bicyclic) bond motifs is 1. The lowest BCUT2D eigenvalue weighted by molar-refractivity contribution is 0.250. The highest BCUT2D eigenvalue weighted by molar-refractivity contribution is 5.89. The molecule has 2 aromatic carbocycles. The lowest BCUT2D eigenvalue weighted by Gasteiger charge is -2.16. The normalized spacial score (nSPS) is 12.0. The third-order valence-electron chi connectivity index (χ3n) is 4.38. The average Bonchev–Trinajstić information content (AvgIpc) is 2.67. The molecular weight excluding hydrogens is 371 g/mol. The number of amides is 2. The Balaban J connectivity index is 1.69. The summed E-state index contributed by atoms with van der Waals surface area (Å²) in [6, 6.07) is 11.8. The third kappa shape index (κ3) is 5.86. The molecule has 0 saturated carbocycles. The second kappa shape index (κ2) is 9.29. The number of urea groups is 1. The molecule has 0 fully saturated rings. The minimum absolute atomic E-state index is 0.0787. The van der Waals surface area contributed by atoms with E-state index in [9.17, 15) is 9.18 Å². The van der Waals surface area contributed by atoms with Gasteiger partial charge >= 0.3 is 6.03 Å². The molecule has 3 rings (SSSR count). The Kier molecular flexibility index (Phi) is 6.56. The zero-order valence-electron chi connectivity index (χ0n) is 16.7. The predicted molar refractivity (Wildman–Crippen MR) is 114 cm³/mol. The lowest BCUT2D eigenvalue weighted by atomic mass is 10.1. The predicted octanol–water partition coefficient (Wildman–Crippen LogP) is 3.63. The number of carbonyl (C=O) groups is 1. The number of benzene rings is 2. The van der Waals surface area contributed by atoms with Gasteiger partial charge in [-0.25, -0.2) is 19.2 Å². The van der Waals surface area contributed by atoms with E-state index in [1.54, 1.807) is 12.3 Å². The fourth-order valence-corrected chi connectivity index (χ4v) is 2.82. The highest BCUT2D eigenvalue weighted by atomic mass is 19.1. The Morgan fingerprint density at radius 2 is 2.03 bits per heavy atom. The molecule has 7 nitrogen and oxygen atoms in total. The van der Waals surface area contributed by atoms with Crippen molar-refractivity contribution in [1.29, 1.82) is 0 Å². The molecule has 0 aliphatic rings. The molecular formula is C21H25FN6O. The first kappa shape index (κ1) is 20.5. The van der Waals surface area contributed by atoms with Crippen LogP contribution in [0.2, 0.25) is 0 Å². The summed E-state index contributed by atoms with van der Waals surface area (Å²) in [5.41, 5.74) is 2.39. The summed E-state index contributed by atoms with van der Waals surface area (Å²) < 4.78 is 13.5. The van der Waals surface area contributed by atoms with Gasteiger partial charge in [0.25, 0.3) is 0 Å². The van der Waals surface area contributed by atoms with E-state index in [4.69, 9.17) is 0 Å². The number of hydrogen-bond acceptors (Lipinski definition) is 5. The van der Waals surface area contributed by atoms with Crippen molar-refractivity contribution >= 4 is 28.6 Å². The Morgan fingerprint density at radius 3 is 2.79 bits per heavy atom. The van der Waals surface area contributed by atoms with E-state index >= 15 is 0 Å². The van der Waals surface area contributed by atoms with Crippen molar-refractivity contribution in [3.63, 3.8) is 0 Å². The van der Waals surface area contributed by atoms with Gasteiger partial charge in [0.2, 0.25) is 5.95 Å². The molecule has 152 valence electrons. The van der Waals surface area contributed by atoms with Gasteiger partial charge in [0.05, 0.1) is 5.52 Å². The van der Waals surface area contributed by atoms with Crippen LogP contribution in [0.4, 0.5) is 20.8 Å². The number of nitrogens with one attached hydrogen (secondary N) is 3. The molecule has 2 amide bonds. The number of anilines is 2. The van der Waals surface area contributed by atoms with Gasteiger partial charge in [-0.15, -0.1) is 0 Å². The summed E-state index contributed by atoms with van der Waals surface area (Å²) in [7, 11) is 3.87. The fourth-order valence-electron chi connectivity index (χ4n) is 2.82. The Bertz CT molecular complexity index is 994. The summed E-state index contributed by atoms with van der Waals surface area (Å²) in [5, 5.41) is 9.60. The minimum atomic E-state index is -0.347. The lowest BCUT2D eigenvalue weighted by Crippen LogP contribution is -2.34. The molecule has 1 aromatic heterocycles.